The summed E-state index contributed by atoms with van der Waals surface area (Å²) in [6.45, 7) is 0. The zero-order valence-corrected chi connectivity index (χ0v) is 7.16. The average Bonchev–Trinajstić information content (AvgIpc) is 2.57. The summed E-state index contributed by atoms with van der Waals surface area (Å²) in [5.41, 5.74) is -0.122. The monoisotopic (exact) mass is 177 g/mol. The Kier molecular flexibility index (Phi) is 2.12. The number of H-pyrrole nitrogens is 1. The summed E-state index contributed by atoms with van der Waals surface area (Å²) in [7, 11) is 0. The lowest BCUT2D eigenvalue weighted by molar-refractivity contribution is 0.779. The van der Waals surface area contributed by atoms with Crippen LogP contribution in [0, 0.1) is 0 Å². The van der Waals surface area contributed by atoms with E-state index in [4.69, 9.17) is 0 Å². The van der Waals surface area contributed by atoms with Crippen molar-refractivity contribution in [1.29, 1.82) is 0 Å². The first-order chi connectivity index (χ1) is 6.34. The van der Waals surface area contributed by atoms with Gasteiger partial charge in [-0.15, -0.1) is 0 Å². The molecule has 1 aliphatic carbocycles. The molecular weight excluding hydrogens is 166 g/mol. The smallest absolute Gasteiger partial charge is 0.252 e. The van der Waals surface area contributed by atoms with Gasteiger partial charge in [0.15, 0.2) is 0 Å². The summed E-state index contributed by atoms with van der Waals surface area (Å²) >= 11 is 0. The van der Waals surface area contributed by atoms with E-state index in [1.807, 2.05) is 0 Å². The summed E-state index contributed by atoms with van der Waals surface area (Å²) in [6, 6.07) is 1.87. The Balaban J connectivity index is 2.05. The second-order valence-electron chi connectivity index (χ2n) is 3.08. The fourth-order valence-electron chi connectivity index (χ4n) is 1.39. The topological polar surface area (TPSA) is 57.8 Å². The van der Waals surface area contributed by atoms with E-state index in [0.717, 1.165) is 12.8 Å². The predicted octanol–water partition coefficient (Wildman–Crippen LogP) is 0.900. The summed E-state index contributed by atoms with van der Waals surface area (Å²) in [5, 5.41) is 3.19. The predicted molar refractivity (Wildman–Crippen MR) is 50.6 cm³/mol. The van der Waals surface area contributed by atoms with Crippen LogP contribution in [0.25, 0.3) is 0 Å². The fourth-order valence-corrected chi connectivity index (χ4v) is 1.39. The zero-order chi connectivity index (χ0) is 9.10. The van der Waals surface area contributed by atoms with Crippen molar-refractivity contribution in [2.24, 2.45) is 0 Å². The number of nitrogens with zero attached hydrogens (tertiary/aromatic N) is 1. The third-order valence-corrected chi connectivity index (χ3v) is 2.04. The number of hydrogen-bond acceptors (Lipinski definition) is 3. The van der Waals surface area contributed by atoms with E-state index in [1.165, 1.54) is 12.4 Å². The second kappa shape index (κ2) is 3.43. The Morgan fingerprint density at radius 2 is 2.23 bits per heavy atom. The third kappa shape index (κ3) is 1.96. The molecule has 0 aromatic carbocycles. The van der Waals surface area contributed by atoms with Crippen molar-refractivity contribution in [3.63, 3.8) is 0 Å². The molecule has 4 nitrogen and oxygen atoms in total. The van der Waals surface area contributed by atoms with Gasteiger partial charge in [0, 0.05) is 12.1 Å². The number of hydrogen-bond donors (Lipinski definition) is 2. The Bertz CT molecular complexity index is 361. The molecule has 68 valence electrons. The average molecular weight is 177 g/mol. The van der Waals surface area contributed by atoms with Gasteiger partial charge in [-0.25, -0.2) is 4.98 Å². The Morgan fingerprint density at radius 3 is 2.92 bits per heavy atom. The standard InChI is InChI=1S/C9H11N3O/c13-9-5-8(10-6-11-9)12-7-3-1-2-4-7/h1-2,5-7H,3-4H2,(H2,10,11,12,13). The van der Waals surface area contributed by atoms with Gasteiger partial charge in [0.25, 0.3) is 5.56 Å². The van der Waals surface area contributed by atoms with Crippen molar-refractivity contribution in [2.75, 3.05) is 5.32 Å². The molecule has 1 aromatic heterocycles. The Hall–Kier alpha value is -1.58. The maximum Gasteiger partial charge on any atom is 0.252 e. The lowest BCUT2D eigenvalue weighted by Gasteiger charge is -2.11. The molecule has 0 spiro atoms. The molecule has 0 radical (unpaired) electrons. The molecule has 0 fully saturated rings. The van der Waals surface area contributed by atoms with Crippen LogP contribution in [0.1, 0.15) is 12.8 Å². The molecule has 4 heteroatoms. The highest BCUT2D eigenvalue weighted by molar-refractivity contribution is 5.34. The Morgan fingerprint density at radius 1 is 1.46 bits per heavy atom. The number of nitrogens with one attached hydrogen (secondary N) is 2. The van der Waals surface area contributed by atoms with Gasteiger partial charge >= 0.3 is 0 Å². The van der Waals surface area contributed by atoms with Gasteiger partial charge in [-0.05, 0) is 12.8 Å². The van der Waals surface area contributed by atoms with Crippen LogP contribution in [0.2, 0.25) is 0 Å². The van der Waals surface area contributed by atoms with E-state index in [2.05, 4.69) is 27.4 Å². The molecule has 0 atom stereocenters. The lowest BCUT2D eigenvalue weighted by atomic mass is 10.2. The maximum absolute atomic E-state index is 10.9. The second-order valence-corrected chi connectivity index (χ2v) is 3.08. The summed E-state index contributed by atoms with van der Waals surface area (Å²) in [6.07, 6.45) is 7.69. The van der Waals surface area contributed by atoms with Gasteiger partial charge in [-0.1, -0.05) is 12.2 Å². The van der Waals surface area contributed by atoms with Gasteiger partial charge < -0.3 is 10.3 Å². The van der Waals surface area contributed by atoms with Crippen molar-refractivity contribution in [2.45, 2.75) is 18.9 Å². The summed E-state index contributed by atoms with van der Waals surface area (Å²) < 4.78 is 0. The Labute approximate surface area is 75.7 Å². The summed E-state index contributed by atoms with van der Waals surface area (Å²) in [4.78, 5) is 17.4. The van der Waals surface area contributed by atoms with Crippen molar-refractivity contribution < 1.29 is 0 Å². The van der Waals surface area contributed by atoms with Crippen molar-refractivity contribution in [3.05, 3.63) is 34.9 Å². The lowest BCUT2D eigenvalue weighted by Crippen LogP contribution is -2.18. The third-order valence-electron chi connectivity index (χ3n) is 2.04. The minimum Gasteiger partial charge on any atom is -0.367 e. The van der Waals surface area contributed by atoms with Crippen LogP contribution in [0.5, 0.6) is 0 Å². The molecule has 0 aliphatic heterocycles. The maximum atomic E-state index is 10.9. The van der Waals surface area contributed by atoms with Gasteiger partial charge in [-0.3, -0.25) is 4.79 Å². The van der Waals surface area contributed by atoms with Crippen LogP contribution in [0.4, 0.5) is 5.82 Å². The first-order valence-corrected chi connectivity index (χ1v) is 4.31. The first kappa shape index (κ1) is 8.04. The zero-order valence-electron chi connectivity index (χ0n) is 7.16. The quantitative estimate of drug-likeness (QED) is 0.660. The number of aromatic amines is 1. The van der Waals surface area contributed by atoms with Crippen LogP contribution in [0.3, 0.4) is 0 Å². The van der Waals surface area contributed by atoms with Crippen LogP contribution in [0.15, 0.2) is 29.3 Å². The molecule has 13 heavy (non-hydrogen) atoms. The molecule has 0 unspecified atom stereocenters. The largest absolute Gasteiger partial charge is 0.367 e. The van der Waals surface area contributed by atoms with Crippen LogP contribution >= 0.6 is 0 Å². The molecular formula is C9H11N3O. The number of anilines is 1. The fraction of sp³-hybridized carbons (Fsp3) is 0.333. The van der Waals surface area contributed by atoms with E-state index >= 15 is 0 Å². The highest BCUT2D eigenvalue weighted by Gasteiger charge is 2.09. The molecule has 1 heterocycles. The molecule has 0 saturated carbocycles. The van der Waals surface area contributed by atoms with Crippen LogP contribution in [-0.4, -0.2) is 16.0 Å². The number of rotatable bonds is 2. The summed E-state index contributed by atoms with van der Waals surface area (Å²) in [5.74, 6) is 0.650. The van der Waals surface area contributed by atoms with E-state index in [0.29, 0.717) is 11.9 Å². The van der Waals surface area contributed by atoms with Crippen molar-refractivity contribution in [3.8, 4) is 0 Å². The normalized spacial score (nSPS) is 16.3. The highest BCUT2D eigenvalue weighted by Crippen LogP contribution is 2.13. The first-order valence-electron chi connectivity index (χ1n) is 4.31. The van der Waals surface area contributed by atoms with E-state index in [-0.39, 0.29) is 5.56 Å². The molecule has 0 bridgehead atoms. The van der Waals surface area contributed by atoms with E-state index < -0.39 is 0 Å². The minimum absolute atomic E-state index is 0.122. The van der Waals surface area contributed by atoms with Crippen molar-refractivity contribution in [1.82, 2.24) is 9.97 Å². The van der Waals surface area contributed by atoms with Gasteiger partial charge in [0.05, 0.1) is 6.33 Å². The minimum atomic E-state index is -0.122. The van der Waals surface area contributed by atoms with E-state index in [1.54, 1.807) is 0 Å². The molecule has 2 rings (SSSR count). The van der Waals surface area contributed by atoms with Crippen LogP contribution in [-0.2, 0) is 0 Å². The van der Waals surface area contributed by atoms with Crippen molar-refractivity contribution >= 4 is 5.82 Å². The molecule has 0 amide bonds. The van der Waals surface area contributed by atoms with Gasteiger partial charge in [-0.2, -0.15) is 0 Å². The molecule has 1 aromatic rings. The van der Waals surface area contributed by atoms with Gasteiger partial charge in [0.1, 0.15) is 5.82 Å². The highest BCUT2D eigenvalue weighted by atomic mass is 16.1. The van der Waals surface area contributed by atoms with Crippen LogP contribution < -0.4 is 10.9 Å². The molecule has 1 aliphatic rings. The SMILES string of the molecule is O=c1cc(NC2CC=CC2)nc[nH]1. The molecule has 0 saturated heterocycles. The molecule has 2 N–H and O–H groups in total. The van der Waals surface area contributed by atoms with E-state index in [9.17, 15) is 4.79 Å². The number of aromatic nitrogens is 2. The van der Waals surface area contributed by atoms with Gasteiger partial charge in [0.2, 0.25) is 0 Å².